The van der Waals surface area contributed by atoms with Gasteiger partial charge in [0.15, 0.2) is 5.82 Å². The number of aromatic nitrogens is 2. The van der Waals surface area contributed by atoms with Gasteiger partial charge < -0.3 is 16.2 Å². The van der Waals surface area contributed by atoms with Gasteiger partial charge in [-0.25, -0.2) is 4.98 Å². The van der Waals surface area contributed by atoms with E-state index in [1.165, 1.54) is 6.20 Å². The maximum absolute atomic E-state index is 8.82. The number of nitrogens with zero attached hydrogens (tertiary/aromatic N) is 2. The first-order valence-corrected chi connectivity index (χ1v) is 5.95. The van der Waals surface area contributed by atoms with Gasteiger partial charge in [0, 0.05) is 13.2 Å². The zero-order valence-corrected chi connectivity index (χ0v) is 11.0. The Hall–Kier alpha value is -1.07. The summed E-state index contributed by atoms with van der Waals surface area (Å²) in [4.78, 5) is 7.81. The van der Waals surface area contributed by atoms with Crippen molar-refractivity contribution in [2.75, 3.05) is 24.2 Å². The van der Waals surface area contributed by atoms with E-state index in [1.807, 2.05) is 0 Å². The van der Waals surface area contributed by atoms with Gasteiger partial charge in [0.2, 0.25) is 5.28 Å². The van der Waals surface area contributed by atoms with E-state index in [0.717, 1.165) is 12.8 Å². The molecule has 0 saturated carbocycles. The monoisotopic (exact) mass is 258 g/mol. The number of hydrogen-bond donors (Lipinski definition) is 3. The second kappa shape index (κ2) is 6.02. The van der Waals surface area contributed by atoms with Crippen molar-refractivity contribution in [3.63, 3.8) is 0 Å². The fourth-order valence-corrected chi connectivity index (χ4v) is 1.61. The molecule has 4 N–H and O–H groups in total. The molecular formula is C11H19ClN4O. The van der Waals surface area contributed by atoms with E-state index in [2.05, 4.69) is 29.1 Å². The zero-order valence-electron chi connectivity index (χ0n) is 10.2. The minimum absolute atomic E-state index is 0.0621. The molecular weight excluding hydrogens is 240 g/mol. The molecule has 0 radical (unpaired) electrons. The van der Waals surface area contributed by atoms with E-state index >= 15 is 0 Å². The molecule has 0 aliphatic rings. The van der Waals surface area contributed by atoms with Crippen molar-refractivity contribution in [2.24, 2.45) is 5.41 Å². The summed E-state index contributed by atoms with van der Waals surface area (Å²) in [5.74, 6) is 0.557. The number of hydrogen-bond acceptors (Lipinski definition) is 5. The lowest BCUT2D eigenvalue weighted by molar-refractivity contribution is 0.248. The number of aliphatic hydroxyl groups excluding tert-OH is 1. The van der Waals surface area contributed by atoms with Gasteiger partial charge in [0.25, 0.3) is 0 Å². The molecule has 1 aromatic heterocycles. The molecule has 0 aliphatic heterocycles. The van der Waals surface area contributed by atoms with Crippen molar-refractivity contribution < 1.29 is 5.11 Å². The molecule has 1 rings (SSSR count). The largest absolute Gasteiger partial charge is 0.396 e. The van der Waals surface area contributed by atoms with Crippen molar-refractivity contribution >= 4 is 23.1 Å². The van der Waals surface area contributed by atoms with Crippen LogP contribution < -0.4 is 11.1 Å². The molecule has 17 heavy (non-hydrogen) atoms. The van der Waals surface area contributed by atoms with Crippen LogP contribution in [0.4, 0.5) is 11.5 Å². The average Bonchev–Trinajstić information content (AvgIpc) is 2.28. The minimum atomic E-state index is 0.0621. The second-order valence-corrected chi connectivity index (χ2v) is 5.13. The Morgan fingerprint density at radius 1 is 1.53 bits per heavy atom. The molecule has 1 aromatic rings. The summed E-state index contributed by atoms with van der Waals surface area (Å²) in [6.07, 6.45) is 3.20. The first kappa shape index (κ1) is 14.0. The molecule has 0 unspecified atom stereocenters. The lowest BCUT2D eigenvalue weighted by Gasteiger charge is -2.25. The molecule has 0 amide bonds. The van der Waals surface area contributed by atoms with Crippen molar-refractivity contribution in [2.45, 2.75) is 26.7 Å². The smallest absolute Gasteiger partial charge is 0.224 e. The van der Waals surface area contributed by atoms with Gasteiger partial charge in [-0.05, 0) is 29.9 Å². The third kappa shape index (κ3) is 4.75. The predicted octanol–water partition coefficient (Wildman–Crippen LogP) is 1.92. The topological polar surface area (TPSA) is 84.1 Å². The molecule has 0 aromatic carbocycles. The predicted molar refractivity (Wildman–Crippen MR) is 70.0 cm³/mol. The fraction of sp³-hybridized carbons (Fsp3) is 0.636. The maximum Gasteiger partial charge on any atom is 0.224 e. The van der Waals surface area contributed by atoms with Crippen LogP contribution in [0.15, 0.2) is 6.20 Å². The Bertz CT molecular complexity index is 370. The molecule has 0 bridgehead atoms. The quantitative estimate of drug-likeness (QED) is 0.679. The van der Waals surface area contributed by atoms with Crippen LogP contribution in [0, 0.1) is 5.41 Å². The van der Waals surface area contributed by atoms with Gasteiger partial charge in [-0.3, -0.25) is 0 Å². The first-order chi connectivity index (χ1) is 7.94. The van der Waals surface area contributed by atoms with Crippen molar-refractivity contribution in [3.05, 3.63) is 11.5 Å². The number of nitrogens with one attached hydrogen (secondary N) is 1. The summed E-state index contributed by atoms with van der Waals surface area (Å²) in [6, 6.07) is 0. The third-order valence-corrected chi connectivity index (χ3v) is 2.72. The highest BCUT2D eigenvalue weighted by Crippen LogP contribution is 2.24. The summed E-state index contributed by atoms with van der Waals surface area (Å²) in [5.41, 5.74) is 6.27. The first-order valence-electron chi connectivity index (χ1n) is 5.57. The van der Waals surface area contributed by atoms with Gasteiger partial charge in [0.05, 0.1) is 11.9 Å². The Morgan fingerprint density at radius 3 is 2.88 bits per heavy atom. The maximum atomic E-state index is 8.82. The zero-order chi connectivity index (χ0) is 12.9. The normalized spacial score (nSPS) is 11.5. The molecule has 96 valence electrons. The molecule has 1 heterocycles. The highest BCUT2D eigenvalue weighted by molar-refractivity contribution is 6.28. The Labute approximate surface area is 106 Å². The molecule has 0 fully saturated rings. The second-order valence-electron chi connectivity index (χ2n) is 4.79. The fourth-order valence-electron chi connectivity index (χ4n) is 1.48. The van der Waals surface area contributed by atoms with E-state index in [-0.39, 0.29) is 17.3 Å². The highest BCUT2D eigenvalue weighted by Gasteiger charge is 2.17. The van der Waals surface area contributed by atoms with Crippen LogP contribution in [0.3, 0.4) is 0 Å². The molecule has 5 nitrogen and oxygen atoms in total. The number of nitrogen functional groups attached to an aromatic ring is 1. The Kier molecular flexibility index (Phi) is 4.96. The SMILES string of the molecule is CC(C)(CCCO)CNc1nc(Cl)ncc1N. The Balaban J connectivity index is 2.57. The van der Waals surface area contributed by atoms with E-state index < -0.39 is 0 Å². The molecule has 0 spiro atoms. The molecule has 0 saturated heterocycles. The van der Waals surface area contributed by atoms with E-state index in [1.54, 1.807) is 0 Å². The Morgan fingerprint density at radius 2 is 2.24 bits per heavy atom. The number of aliphatic hydroxyl groups is 1. The molecule has 6 heteroatoms. The van der Waals surface area contributed by atoms with E-state index in [4.69, 9.17) is 22.4 Å². The highest BCUT2D eigenvalue weighted by atomic mass is 35.5. The van der Waals surface area contributed by atoms with Gasteiger partial charge in [-0.15, -0.1) is 0 Å². The van der Waals surface area contributed by atoms with Crippen molar-refractivity contribution in [1.29, 1.82) is 0 Å². The number of halogens is 1. The van der Waals surface area contributed by atoms with Gasteiger partial charge >= 0.3 is 0 Å². The van der Waals surface area contributed by atoms with Crippen LogP contribution in [-0.2, 0) is 0 Å². The van der Waals surface area contributed by atoms with Gasteiger partial charge in [0.1, 0.15) is 0 Å². The van der Waals surface area contributed by atoms with E-state index in [0.29, 0.717) is 18.1 Å². The van der Waals surface area contributed by atoms with Crippen LogP contribution in [0.25, 0.3) is 0 Å². The summed E-state index contributed by atoms with van der Waals surface area (Å²) >= 11 is 5.70. The standard InChI is InChI=1S/C11H19ClN4O/c1-11(2,4-3-5-17)7-15-9-8(13)6-14-10(12)16-9/h6,17H,3-5,7,13H2,1-2H3,(H,14,15,16). The van der Waals surface area contributed by atoms with Crippen LogP contribution in [0.5, 0.6) is 0 Å². The number of nitrogens with two attached hydrogens (primary N) is 1. The third-order valence-electron chi connectivity index (χ3n) is 2.53. The van der Waals surface area contributed by atoms with Crippen LogP contribution in [-0.4, -0.2) is 28.2 Å². The minimum Gasteiger partial charge on any atom is -0.396 e. The van der Waals surface area contributed by atoms with Crippen molar-refractivity contribution in [3.8, 4) is 0 Å². The summed E-state index contributed by atoms with van der Waals surface area (Å²) in [6.45, 7) is 5.17. The lowest BCUT2D eigenvalue weighted by atomic mass is 9.88. The summed E-state index contributed by atoms with van der Waals surface area (Å²) < 4.78 is 0. The van der Waals surface area contributed by atoms with Gasteiger partial charge in [-0.2, -0.15) is 4.98 Å². The molecule has 0 aliphatic carbocycles. The molecule has 0 atom stereocenters. The van der Waals surface area contributed by atoms with E-state index in [9.17, 15) is 0 Å². The van der Waals surface area contributed by atoms with Gasteiger partial charge in [-0.1, -0.05) is 13.8 Å². The van der Waals surface area contributed by atoms with Crippen LogP contribution in [0.1, 0.15) is 26.7 Å². The average molecular weight is 259 g/mol. The van der Waals surface area contributed by atoms with Crippen molar-refractivity contribution in [1.82, 2.24) is 9.97 Å². The summed E-state index contributed by atoms with van der Waals surface area (Å²) in [5, 5.41) is 12.2. The number of rotatable bonds is 6. The van der Waals surface area contributed by atoms with Crippen LogP contribution >= 0.6 is 11.6 Å². The van der Waals surface area contributed by atoms with Crippen LogP contribution in [0.2, 0.25) is 5.28 Å². The number of anilines is 2. The lowest BCUT2D eigenvalue weighted by Crippen LogP contribution is -2.24. The summed E-state index contributed by atoms with van der Waals surface area (Å²) in [7, 11) is 0.